The van der Waals surface area contributed by atoms with Crippen molar-refractivity contribution < 1.29 is 4.39 Å². The largest absolute Gasteiger partial charge is 0.320 e. The summed E-state index contributed by atoms with van der Waals surface area (Å²) in [6, 6.07) is 9.19. The maximum absolute atomic E-state index is 13.8. The van der Waals surface area contributed by atoms with Crippen LogP contribution in [0.15, 0.2) is 36.4 Å². The van der Waals surface area contributed by atoms with Crippen LogP contribution in [0.5, 0.6) is 0 Å². The van der Waals surface area contributed by atoms with Crippen LogP contribution in [0.2, 0.25) is 10.0 Å². The molecule has 0 heterocycles. The molecule has 0 aliphatic heterocycles. The number of nitrogens with two attached hydrogens (primary N) is 1. The molecule has 0 spiro atoms. The SMILES string of the molecule is Cc1ccc(F)c(C(N)c2cc(Cl)ccc2Cl)c1. The second kappa shape index (κ2) is 5.27. The molecule has 94 valence electrons. The van der Waals surface area contributed by atoms with E-state index >= 15 is 0 Å². The standard InChI is InChI=1S/C14H12Cl2FN/c1-8-2-5-13(17)11(6-8)14(18)10-7-9(15)3-4-12(10)16/h2-7,14H,18H2,1H3. The van der Waals surface area contributed by atoms with Crippen molar-refractivity contribution in [3.05, 3.63) is 69.0 Å². The highest BCUT2D eigenvalue weighted by Crippen LogP contribution is 2.30. The second-order valence-corrected chi connectivity index (χ2v) is 5.01. The number of hydrogen-bond donors (Lipinski definition) is 1. The summed E-state index contributed by atoms with van der Waals surface area (Å²) in [4.78, 5) is 0. The van der Waals surface area contributed by atoms with Crippen LogP contribution in [0, 0.1) is 12.7 Å². The third-order valence-corrected chi connectivity index (χ3v) is 3.36. The first-order chi connectivity index (χ1) is 8.49. The van der Waals surface area contributed by atoms with Gasteiger partial charge in [0.25, 0.3) is 0 Å². The van der Waals surface area contributed by atoms with Gasteiger partial charge >= 0.3 is 0 Å². The Balaban J connectivity index is 2.50. The Bertz CT molecular complexity index is 533. The van der Waals surface area contributed by atoms with Gasteiger partial charge in [-0.3, -0.25) is 0 Å². The van der Waals surface area contributed by atoms with Gasteiger partial charge in [0.15, 0.2) is 0 Å². The number of rotatable bonds is 2. The molecular formula is C14H12Cl2FN. The second-order valence-electron chi connectivity index (χ2n) is 4.17. The summed E-state index contributed by atoms with van der Waals surface area (Å²) in [5.41, 5.74) is 8.05. The van der Waals surface area contributed by atoms with E-state index in [2.05, 4.69) is 0 Å². The highest BCUT2D eigenvalue weighted by Gasteiger charge is 2.16. The van der Waals surface area contributed by atoms with Crippen LogP contribution in [-0.2, 0) is 0 Å². The van der Waals surface area contributed by atoms with Crippen molar-refractivity contribution in [2.24, 2.45) is 5.73 Å². The Morgan fingerprint density at radius 3 is 2.50 bits per heavy atom. The van der Waals surface area contributed by atoms with E-state index in [1.165, 1.54) is 6.07 Å². The third-order valence-electron chi connectivity index (χ3n) is 2.78. The van der Waals surface area contributed by atoms with Gasteiger partial charge in [-0.25, -0.2) is 4.39 Å². The van der Waals surface area contributed by atoms with E-state index in [1.54, 1.807) is 30.3 Å². The molecule has 2 aromatic rings. The van der Waals surface area contributed by atoms with Crippen molar-refractivity contribution in [2.75, 3.05) is 0 Å². The van der Waals surface area contributed by atoms with Crippen LogP contribution in [0.4, 0.5) is 4.39 Å². The molecule has 0 bridgehead atoms. The molecule has 0 aliphatic rings. The molecule has 4 heteroatoms. The van der Waals surface area contributed by atoms with Gasteiger partial charge in [-0.05, 0) is 36.8 Å². The van der Waals surface area contributed by atoms with Gasteiger partial charge in [-0.15, -0.1) is 0 Å². The lowest BCUT2D eigenvalue weighted by Gasteiger charge is -2.16. The van der Waals surface area contributed by atoms with E-state index in [0.29, 0.717) is 21.2 Å². The monoisotopic (exact) mass is 283 g/mol. The molecule has 18 heavy (non-hydrogen) atoms. The molecule has 0 aromatic heterocycles. The molecule has 2 N–H and O–H groups in total. The lowest BCUT2D eigenvalue weighted by atomic mass is 9.97. The zero-order chi connectivity index (χ0) is 13.3. The van der Waals surface area contributed by atoms with Crippen molar-refractivity contribution in [3.8, 4) is 0 Å². The minimum Gasteiger partial charge on any atom is -0.320 e. The third kappa shape index (κ3) is 2.66. The number of halogens is 3. The first kappa shape index (κ1) is 13.3. The van der Waals surface area contributed by atoms with Gasteiger partial charge in [0, 0.05) is 15.6 Å². The number of aryl methyl sites for hydroxylation is 1. The predicted molar refractivity (Wildman–Crippen MR) is 73.6 cm³/mol. The fraction of sp³-hybridized carbons (Fsp3) is 0.143. The average molecular weight is 284 g/mol. The zero-order valence-electron chi connectivity index (χ0n) is 9.75. The van der Waals surface area contributed by atoms with Gasteiger partial charge in [-0.1, -0.05) is 40.9 Å². The molecular weight excluding hydrogens is 272 g/mol. The summed E-state index contributed by atoms with van der Waals surface area (Å²) >= 11 is 12.0. The molecule has 1 unspecified atom stereocenters. The lowest BCUT2D eigenvalue weighted by molar-refractivity contribution is 0.599. The van der Waals surface area contributed by atoms with Crippen LogP contribution in [-0.4, -0.2) is 0 Å². The molecule has 0 saturated heterocycles. The van der Waals surface area contributed by atoms with Crippen molar-refractivity contribution >= 4 is 23.2 Å². The van der Waals surface area contributed by atoms with Crippen LogP contribution in [0.1, 0.15) is 22.7 Å². The maximum atomic E-state index is 13.8. The van der Waals surface area contributed by atoms with Gasteiger partial charge < -0.3 is 5.73 Å². The number of hydrogen-bond acceptors (Lipinski definition) is 1. The van der Waals surface area contributed by atoms with E-state index < -0.39 is 6.04 Å². The van der Waals surface area contributed by atoms with Crippen molar-refractivity contribution in [1.82, 2.24) is 0 Å². The van der Waals surface area contributed by atoms with Gasteiger partial charge in [0.05, 0.1) is 6.04 Å². The summed E-state index contributed by atoms with van der Waals surface area (Å²) < 4.78 is 13.8. The van der Waals surface area contributed by atoms with E-state index in [1.807, 2.05) is 6.92 Å². The molecule has 0 radical (unpaired) electrons. The smallest absolute Gasteiger partial charge is 0.128 e. The van der Waals surface area contributed by atoms with Crippen LogP contribution in [0.3, 0.4) is 0 Å². The average Bonchev–Trinajstić information content (AvgIpc) is 2.34. The molecule has 0 amide bonds. The number of benzene rings is 2. The van der Waals surface area contributed by atoms with Crippen LogP contribution in [0.25, 0.3) is 0 Å². The minimum absolute atomic E-state index is 0.343. The summed E-state index contributed by atoms with van der Waals surface area (Å²) in [5, 5.41) is 1.01. The Kier molecular flexibility index (Phi) is 3.91. The first-order valence-electron chi connectivity index (χ1n) is 5.45. The Hall–Kier alpha value is -1.09. The first-order valence-corrected chi connectivity index (χ1v) is 6.21. The molecule has 1 nitrogen and oxygen atoms in total. The van der Waals surface area contributed by atoms with Crippen molar-refractivity contribution in [3.63, 3.8) is 0 Å². The molecule has 1 atom stereocenters. The van der Waals surface area contributed by atoms with Crippen LogP contribution < -0.4 is 5.73 Å². The zero-order valence-corrected chi connectivity index (χ0v) is 11.3. The fourth-order valence-electron chi connectivity index (χ4n) is 1.82. The molecule has 2 aromatic carbocycles. The van der Waals surface area contributed by atoms with E-state index in [-0.39, 0.29) is 5.82 Å². The molecule has 0 fully saturated rings. The van der Waals surface area contributed by atoms with Crippen molar-refractivity contribution in [1.29, 1.82) is 0 Å². The predicted octanol–water partition coefficient (Wildman–Crippen LogP) is 4.49. The van der Waals surface area contributed by atoms with Gasteiger partial charge in [-0.2, -0.15) is 0 Å². The fourth-order valence-corrected chi connectivity index (χ4v) is 2.24. The van der Waals surface area contributed by atoms with Gasteiger partial charge in [0.2, 0.25) is 0 Å². The van der Waals surface area contributed by atoms with E-state index in [4.69, 9.17) is 28.9 Å². The summed E-state index contributed by atoms with van der Waals surface area (Å²) in [7, 11) is 0. The normalized spacial score (nSPS) is 12.5. The van der Waals surface area contributed by atoms with Crippen LogP contribution >= 0.6 is 23.2 Å². The Labute approximate surface area is 115 Å². The molecule has 2 rings (SSSR count). The Morgan fingerprint density at radius 2 is 1.78 bits per heavy atom. The Morgan fingerprint density at radius 1 is 1.06 bits per heavy atom. The topological polar surface area (TPSA) is 26.0 Å². The van der Waals surface area contributed by atoms with E-state index in [9.17, 15) is 4.39 Å². The highest BCUT2D eigenvalue weighted by molar-refractivity contribution is 6.33. The summed E-state index contributed by atoms with van der Waals surface area (Å²) in [6.07, 6.45) is 0. The molecule has 0 aliphatic carbocycles. The minimum atomic E-state index is -0.629. The quantitative estimate of drug-likeness (QED) is 0.864. The summed E-state index contributed by atoms with van der Waals surface area (Å²) in [6.45, 7) is 1.88. The molecule has 0 saturated carbocycles. The summed E-state index contributed by atoms with van der Waals surface area (Å²) in [5.74, 6) is -0.343. The maximum Gasteiger partial charge on any atom is 0.128 e. The van der Waals surface area contributed by atoms with E-state index in [0.717, 1.165) is 5.56 Å². The lowest BCUT2D eigenvalue weighted by Crippen LogP contribution is -2.14. The van der Waals surface area contributed by atoms with Gasteiger partial charge in [0.1, 0.15) is 5.82 Å². The highest BCUT2D eigenvalue weighted by atomic mass is 35.5. The van der Waals surface area contributed by atoms with Crippen molar-refractivity contribution in [2.45, 2.75) is 13.0 Å².